The fraction of sp³-hybridized carbons (Fsp3) is 0.294. The summed E-state index contributed by atoms with van der Waals surface area (Å²) in [5.41, 5.74) is 4.98. The van der Waals surface area contributed by atoms with E-state index in [1.54, 1.807) is 6.07 Å². The standard InChI is InChI=1S/C17H18Cl2N2/c1-21-8-2-3-13-9-12(4-7-17(13)21)11-20-16-6-5-14(18)10-15(16)19/h4-7,9-10,20H,2-3,8,11H2,1H3. The van der Waals surface area contributed by atoms with Gasteiger partial charge in [-0.15, -0.1) is 0 Å². The molecule has 0 atom stereocenters. The van der Waals surface area contributed by atoms with Crippen molar-refractivity contribution in [2.45, 2.75) is 19.4 Å². The van der Waals surface area contributed by atoms with Gasteiger partial charge in [0.25, 0.3) is 0 Å². The maximum atomic E-state index is 6.18. The van der Waals surface area contributed by atoms with Crippen LogP contribution in [0, 0.1) is 0 Å². The number of hydrogen-bond acceptors (Lipinski definition) is 2. The number of halogens is 2. The van der Waals surface area contributed by atoms with E-state index in [2.05, 4.69) is 35.5 Å². The first-order chi connectivity index (χ1) is 10.1. The Balaban J connectivity index is 1.73. The second kappa shape index (κ2) is 6.17. The fourth-order valence-corrected chi connectivity index (χ4v) is 3.25. The van der Waals surface area contributed by atoms with Crippen molar-refractivity contribution in [1.82, 2.24) is 0 Å². The van der Waals surface area contributed by atoms with Crippen molar-refractivity contribution >= 4 is 34.6 Å². The van der Waals surface area contributed by atoms with Gasteiger partial charge in [0.1, 0.15) is 0 Å². The minimum Gasteiger partial charge on any atom is -0.380 e. The molecule has 0 fully saturated rings. The number of benzene rings is 2. The van der Waals surface area contributed by atoms with Gasteiger partial charge in [0.2, 0.25) is 0 Å². The van der Waals surface area contributed by atoms with E-state index in [1.807, 2.05) is 12.1 Å². The van der Waals surface area contributed by atoms with Crippen molar-refractivity contribution in [1.29, 1.82) is 0 Å². The van der Waals surface area contributed by atoms with E-state index in [4.69, 9.17) is 23.2 Å². The molecule has 1 heterocycles. The molecule has 0 saturated carbocycles. The number of anilines is 2. The molecule has 0 bridgehead atoms. The maximum Gasteiger partial charge on any atom is 0.0652 e. The molecule has 0 unspecified atom stereocenters. The molecule has 0 spiro atoms. The number of aryl methyl sites for hydroxylation is 1. The van der Waals surface area contributed by atoms with Crippen LogP contribution in [-0.4, -0.2) is 13.6 Å². The number of nitrogens with zero attached hydrogens (tertiary/aromatic N) is 1. The van der Waals surface area contributed by atoms with E-state index < -0.39 is 0 Å². The quantitative estimate of drug-likeness (QED) is 0.857. The van der Waals surface area contributed by atoms with Crippen molar-refractivity contribution in [3.05, 3.63) is 57.6 Å². The van der Waals surface area contributed by atoms with Crippen LogP contribution in [0.5, 0.6) is 0 Å². The van der Waals surface area contributed by atoms with Gasteiger partial charge in [0.05, 0.1) is 10.7 Å². The first kappa shape index (κ1) is 14.6. The average Bonchev–Trinajstić information content (AvgIpc) is 2.46. The largest absolute Gasteiger partial charge is 0.380 e. The zero-order valence-electron chi connectivity index (χ0n) is 12.0. The van der Waals surface area contributed by atoms with Crippen molar-refractivity contribution in [3.63, 3.8) is 0 Å². The molecular formula is C17H18Cl2N2. The molecule has 0 saturated heterocycles. The molecule has 2 aromatic rings. The number of fused-ring (bicyclic) bond motifs is 1. The molecule has 3 rings (SSSR count). The summed E-state index contributed by atoms with van der Waals surface area (Å²) in [5.74, 6) is 0. The smallest absolute Gasteiger partial charge is 0.0652 e. The molecule has 2 nitrogen and oxygen atoms in total. The van der Waals surface area contributed by atoms with Crippen LogP contribution in [0.1, 0.15) is 17.5 Å². The molecule has 2 aromatic carbocycles. The van der Waals surface area contributed by atoms with E-state index in [9.17, 15) is 0 Å². The van der Waals surface area contributed by atoms with Crippen LogP contribution in [0.4, 0.5) is 11.4 Å². The summed E-state index contributed by atoms with van der Waals surface area (Å²) in [4.78, 5) is 2.33. The third kappa shape index (κ3) is 3.28. The summed E-state index contributed by atoms with van der Waals surface area (Å²) in [6.07, 6.45) is 2.39. The predicted molar refractivity (Wildman–Crippen MR) is 91.8 cm³/mol. The molecule has 1 aliphatic heterocycles. The van der Waals surface area contributed by atoms with Crippen LogP contribution in [0.15, 0.2) is 36.4 Å². The van der Waals surface area contributed by atoms with E-state index in [-0.39, 0.29) is 0 Å². The Hall–Kier alpha value is -1.38. The van der Waals surface area contributed by atoms with Crippen LogP contribution >= 0.6 is 23.2 Å². The zero-order chi connectivity index (χ0) is 14.8. The van der Waals surface area contributed by atoms with E-state index in [1.165, 1.54) is 23.2 Å². The number of nitrogens with one attached hydrogen (secondary N) is 1. The highest BCUT2D eigenvalue weighted by Gasteiger charge is 2.13. The lowest BCUT2D eigenvalue weighted by Crippen LogP contribution is -2.24. The average molecular weight is 321 g/mol. The molecule has 1 N–H and O–H groups in total. The van der Waals surface area contributed by atoms with Crippen LogP contribution in [0.25, 0.3) is 0 Å². The van der Waals surface area contributed by atoms with Gasteiger partial charge in [-0.2, -0.15) is 0 Å². The maximum absolute atomic E-state index is 6.18. The summed E-state index contributed by atoms with van der Waals surface area (Å²) in [5, 5.41) is 4.68. The Bertz CT molecular complexity index is 655. The second-order valence-electron chi connectivity index (χ2n) is 5.47. The second-order valence-corrected chi connectivity index (χ2v) is 6.31. The van der Waals surface area contributed by atoms with E-state index in [0.29, 0.717) is 10.0 Å². The Morgan fingerprint density at radius 1 is 1.14 bits per heavy atom. The summed E-state index contributed by atoms with van der Waals surface area (Å²) in [7, 11) is 2.16. The molecule has 0 aliphatic carbocycles. The lowest BCUT2D eigenvalue weighted by Gasteiger charge is -2.27. The Morgan fingerprint density at radius 2 is 2.00 bits per heavy atom. The molecule has 4 heteroatoms. The first-order valence-electron chi connectivity index (χ1n) is 7.15. The summed E-state index contributed by atoms with van der Waals surface area (Å²) in [6, 6.07) is 12.2. The van der Waals surface area contributed by atoms with Crippen molar-refractivity contribution in [2.24, 2.45) is 0 Å². The summed E-state index contributed by atoms with van der Waals surface area (Å²) < 4.78 is 0. The van der Waals surface area contributed by atoms with Gasteiger partial charge in [0, 0.05) is 30.8 Å². The van der Waals surface area contributed by atoms with Crippen LogP contribution < -0.4 is 10.2 Å². The molecule has 0 aromatic heterocycles. The topological polar surface area (TPSA) is 15.3 Å². The lowest BCUT2D eigenvalue weighted by atomic mass is 9.99. The predicted octanol–water partition coefficient (Wildman–Crippen LogP) is 4.99. The molecule has 0 amide bonds. The minimum atomic E-state index is 0.653. The first-order valence-corrected chi connectivity index (χ1v) is 7.91. The monoisotopic (exact) mass is 320 g/mol. The SMILES string of the molecule is CN1CCCc2cc(CNc3ccc(Cl)cc3Cl)ccc21. The third-order valence-corrected chi connectivity index (χ3v) is 4.46. The Morgan fingerprint density at radius 3 is 2.81 bits per heavy atom. The van der Waals surface area contributed by atoms with Crippen LogP contribution in [-0.2, 0) is 13.0 Å². The Labute approximate surface area is 135 Å². The third-order valence-electron chi connectivity index (χ3n) is 3.91. The highest BCUT2D eigenvalue weighted by atomic mass is 35.5. The highest BCUT2D eigenvalue weighted by Crippen LogP contribution is 2.28. The zero-order valence-corrected chi connectivity index (χ0v) is 13.5. The molecular weight excluding hydrogens is 303 g/mol. The van der Waals surface area contributed by atoms with Gasteiger partial charge in [-0.1, -0.05) is 35.3 Å². The normalized spacial score (nSPS) is 14.0. The summed E-state index contributed by atoms with van der Waals surface area (Å²) in [6.45, 7) is 1.91. The highest BCUT2D eigenvalue weighted by molar-refractivity contribution is 6.36. The molecule has 1 aliphatic rings. The minimum absolute atomic E-state index is 0.653. The van der Waals surface area contributed by atoms with Gasteiger partial charge >= 0.3 is 0 Å². The van der Waals surface area contributed by atoms with E-state index in [0.717, 1.165) is 25.2 Å². The Kier molecular flexibility index (Phi) is 4.27. The van der Waals surface area contributed by atoms with Crippen LogP contribution in [0.3, 0.4) is 0 Å². The number of rotatable bonds is 3. The summed E-state index contributed by atoms with van der Waals surface area (Å²) >= 11 is 12.1. The molecule has 0 radical (unpaired) electrons. The molecule has 21 heavy (non-hydrogen) atoms. The number of hydrogen-bond donors (Lipinski definition) is 1. The van der Waals surface area contributed by atoms with Gasteiger partial charge in [-0.25, -0.2) is 0 Å². The van der Waals surface area contributed by atoms with Gasteiger partial charge in [0.15, 0.2) is 0 Å². The van der Waals surface area contributed by atoms with Crippen LogP contribution in [0.2, 0.25) is 10.0 Å². The van der Waals surface area contributed by atoms with E-state index >= 15 is 0 Å². The van der Waals surface area contributed by atoms with Crippen molar-refractivity contribution in [3.8, 4) is 0 Å². The molecule has 110 valence electrons. The lowest BCUT2D eigenvalue weighted by molar-refractivity contribution is 0.743. The van der Waals surface area contributed by atoms with Crippen molar-refractivity contribution in [2.75, 3.05) is 23.8 Å². The van der Waals surface area contributed by atoms with Gasteiger partial charge < -0.3 is 10.2 Å². The van der Waals surface area contributed by atoms with Gasteiger partial charge in [-0.05, 0) is 48.2 Å². The van der Waals surface area contributed by atoms with Gasteiger partial charge in [-0.3, -0.25) is 0 Å². The van der Waals surface area contributed by atoms with Crippen molar-refractivity contribution < 1.29 is 0 Å². The fourth-order valence-electron chi connectivity index (χ4n) is 2.78.